The lowest BCUT2D eigenvalue weighted by atomic mass is 9.89. The van der Waals surface area contributed by atoms with E-state index in [0.717, 1.165) is 7.48 Å². The van der Waals surface area contributed by atoms with Crippen LogP contribution >= 0.6 is 0 Å². The average molecular weight is 177 g/mol. The molecule has 0 saturated heterocycles. The first-order chi connectivity index (χ1) is 6.13. The largest absolute Gasteiger partial charge is 0.450 e. The molecule has 0 saturated carbocycles. The summed E-state index contributed by atoms with van der Waals surface area (Å²) in [7, 11) is 0.908. The molecule has 4 nitrogen and oxygen atoms in total. The van der Waals surface area contributed by atoms with E-state index in [0.29, 0.717) is 16.9 Å². The van der Waals surface area contributed by atoms with Gasteiger partial charge >= 0.3 is 7.48 Å². The van der Waals surface area contributed by atoms with Crippen LogP contribution in [0.1, 0.15) is 11.5 Å². The Morgan fingerprint density at radius 3 is 2.92 bits per heavy atom. The SMILES string of the molecule is C=C([B]O)/C=C\c1oc(N)nc1C. The molecule has 0 unspecified atom stereocenters. The highest BCUT2D eigenvalue weighted by atomic mass is 16.4. The highest BCUT2D eigenvalue weighted by Gasteiger charge is 2.02. The van der Waals surface area contributed by atoms with Gasteiger partial charge in [-0.3, -0.25) is 0 Å². The number of nitrogen functional groups attached to an aromatic ring is 1. The van der Waals surface area contributed by atoms with E-state index in [1.165, 1.54) is 0 Å². The van der Waals surface area contributed by atoms with Gasteiger partial charge in [-0.15, -0.1) is 6.58 Å². The van der Waals surface area contributed by atoms with E-state index < -0.39 is 0 Å². The zero-order chi connectivity index (χ0) is 9.84. The molecule has 0 aromatic carbocycles. The summed E-state index contributed by atoms with van der Waals surface area (Å²) < 4.78 is 5.05. The van der Waals surface area contributed by atoms with Crippen molar-refractivity contribution in [1.29, 1.82) is 0 Å². The van der Waals surface area contributed by atoms with Crippen LogP contribution in [0.25, 0.3) is 6.08 Å². The average Bonchev–Trinajstić information content (AvgIpc) is 2.41. The molecule has 5 heteroatoms. The summed E-state index contributed by atoms with van der Waals surface area (Å²) in [5.74, 6) is 0.570. The molecule has 0 amide bonds. The molecule has 0 bridgehead atoms. The third kappa shape index (κ3) is 2.49. The van der Waals surface area contributed by atoms with Crippen molar-refractivity contribution in [1.82, 2.24) is 4.98 Å². The molecule has 1 aromatic rings. The Bertz CT molecular complexity index is 344. The molecule has 13 heavy (non-hydrogen) atoms. The van der Waals surface area contributed by atoms with Crippen molar-refractivity contribution < 1.29 is 9.44 Å². The molecule has 0 aliphatic heterocycles. The fourth-order valence-corrected chi connectivity index (χ4v) is 0.810. The first kappa shape index (κ1) is 9.60. The van der Waals surface area contributed by atoms with Crippen LogP contribution in [0.3, 0.4) is 0 Å². The zero-order valence-corrected chi connectivity index (χ0v) is 7.32. The summed E-state index contributed by atoms with van der Waals surface area (Å²) in [5, 5.41) is 8.54. The lowest BCUT2D eigenvalue weighted by Gasteiger charge is -1.88. The second kappa shape index (κ2) is 3.95. The molecule has 0 atom stereocenters. The van der Waals surface area contributed by atoms with E-state index in [2.05, 4.69) is 11.6 Å². The van der Waals surface area contributed by atoms with E-state index in [1.54, 1.807) is 19.1 Å². The Kier molecular flexibility index (Phi) is 2.92. The molecule has 1 aromatic heterocycles. The van der Waals surface area contributed by atoms with Crippen molar-refractivity contribution >= 4 is 19.6 Å². The number of oxazole rings is 1. The smallest absolute Gasteiger partial charge is 0.326 e. The van der Waals surface area contributed by atoms with Crippen LogP contribution in [0.2, 0.25) is 0 Å². The normalized spacial score (nSPS) is 10.6. The lowest BCUT2D eigenvalue weighted by Crippen LogP contribution is -1.87. The fourth-order valence-electron chi connectivity index (χ4n) is 0.810. The van der Waals surface area contributed by atoms with Crippen LogP contribution in [0.15, 0.2) is 22.5 Å². The number of hydrogen-bond acceptors (Lipinski definition) is 4. The molecule has 0 aliphatic rings. The summed E-state index contributed by atoms with van der Waals surface area (Å²) in [6, 6.07) is 0.135. The van der Waals surface area contributed by atoms with Crippen molar-refractivity contribution in [2.45, 2.75) is 6.92 Å². The third-order valence-corrected chi connectivity index (χ3v) is 1.46. The summed E-state index contributed by atoms with van der Waals surface area (Å²) >= 11 is 0. The van der Waals surface area contributed by atoms with Crippen LogP contribution < -0.4 is 5.73 Å². The number of nitrogens with zero attached hydrogens (tertiary/aromatic N) is 1. The van der Waals surface area contributed by atoms with Crippen LogP contribution in [0.4, 0.5) is 6.01 Å². The first-order valence-corrected chi connectivity index (χ1v) is 3.71. The Morgan fingerprint density at radius 2 is 2.46 bits per heavy atom. The minimum Gasteiger partial charge on any atom is -0.450 e. The van der Waals surface area contributed by atoms with E-state index in [9.17, 15) is 0 Å². The van der Waals surface area contributed by atoms with Crippen molar-refractivity contribution in [3.8, 4) is 0 Å². The molecule has 67 valence electrons. The summed E-state index contributed by atoms with van der Waals surface area (Å²) in [5.41, 5.74) is 6.52. The highest BCUT2D eigenvalue weighted by molar-refractivity contribution is 6.37. The van der Waals surface area contributed by atoms with Gasteiger partial charge < -0.3 is 15.2 Å². The summed E-state index contributed by atoms with van der Waals surface area (Å²) in [6.07, 6.45) is 3.25. The Morgan fingerprint density at radius 1 is 1.77 bits per heavy atom. The standard InChI is InChI=1S/C8H10BN2O2/c1-5(9-12)3-4-7-6(2)11-8(10)13-7/h3-4,12H,1H2,2H3,(H2,10,11)/b4-3-. The molecule has 0 spiro atoms. The number of aryl methyl sites for hydroxylation is 1. The molecule has 3 N–H and O–H groups in total. The monoisotopic (exact) mass is 177 g/mol. The molecular formula is C8H10BN2O2. The van der Waals surface area contributed by atoms with Crippen molar-refractivity contribution in [3.05, 3.63) is 29.6 Å². The number of rotatable bonds is 3. The molecule has 1 radical (unpaired) electrons. The Labute approximate surface area is 77.0 Å². The topological polar surface area (TPSA) is 72.3 Å². The lowest BCUT2D eigenvalue weighted by molar-refractivity contribution is 0.569. The number of aromatic nitrogens is 1. The Balaban J connectivity index is 2.79. The van der Waals surface area contributed by atoms with Gasteiger partial charge in [0, 0.05) is 0 Å². The van der Waals surface area contributed by atoms with E-state index in [4.69, 9.17) is 15.2 Å². The number of nitrogens with two attached hydrogens (primary N) is 1. The maximum atomic E-state index is 8.54. The second-order valence-electron chi connectivity index (χ2n) is 2.54. The maximum Gasteiger partial charge on any atom is 0.326 e. The van der Waals surface area contributed by atoms with E-state index in [1.807, 2.05) is 0 Å². The predicted molar refractivity (Wildman–Crippen MR) is 51.8 cm³/mol. The fraction of sp³-hybridized carbons (Fsp3) is 0.125. The van der Waals surface area contributed by atoms with Gasteiger partial charge in [0.05, 0.1) is 5.69 Å². The van der Waals surface area contributed by atoms with E-state index in [-0.39, 0.29) is 6.01 Å². The minimum absolute atomic E-state index is 0.135. The van der Waals surface area contributed by atoms with Gasteiger partial charge in [-0.2, -0.15) is 4.98 Å². The summed E-state index contributed by atoms with van der Waals surface area (Å²) in [4.78, 5) is 3.87. The molecule has 1 rings (SSSR count). The van der Waals surface area contributed by atoms with Crippen molar-refractivity contribution in [2.24, 2.45) is 0 Å². The van der Waals surface area contributed by atoms with Crippen molar-refractivity contribution in [3.63, 3.8) is 0 Å². The van der Waals surface area contributed by atoms with Gasteiger partial charge in [0.1, 0.15) is 0 Å². The van der Waals surface area contributed by atoms with Crippen LogP contribution in [-0.4, -0.2) is 17.5 Å². The second-order valence-corrected chi connectivity index (χ2v) is 2.54. The molecule has 1 heterocycles. The van der Waals surface area contributed by atoms with E-state index >= 15 is 0 Å². The van der Waals surface area contributed by atoms with Gasteiger partial charge in [-0.1, -0.05) is 11.5 Å². The number of hydrogen-bond donors (Lipinski definition) is 2. The number of anilines is 1. The van der Waals surface area contributed by atoms with Gasteiger partial charge in [-0.25, -0.2) is 0 Å². The molecule has 0 fully saturated rings. The third-order valence-electron chi connectivity index (χ3n) is 1.46. The van der Waals surface area contributed by atoms with Gasteiger partial charge in [0.15, 0.2) is 5.76 Å². The van der Waals surface area contributed by atoms with Gasteiger partial charge in [0.2, 0.25) is 0 Å². The van der Waals surface area contributed by atoms with Gasteiger partial charge in [0.25, 0.3) is 6.01 Å². The van der Waals surface area contributed by atoms with Crippen LogP contribution in [0, 0.1) is 6.92 Å². The highest BCUT2D eigenvalue weighted by Crippen LogP contribution is 2.13. The zero-order valence-electron chi connectivity index (χ0n) is 7.32. The molecule has 0 aliphatic carbocycles. The molecular weight excluding hydrogens is 167 g/mol. The van der Waals surface area contributed by atoms with Crippen molar-refractivity contribution in [2.75, 3.05) is 5.73 Å². The summed E-state index contributed by atoms with van der Waals surface area (Å²) in [6.45, 7) is 5.32. The Hall–Kier alpha value is -1.49. The maximum absolute atomic E-state index is 8.54. The van der Waals surface area contributed by atoms with Gasteiger partial charge in [-0.05, 0) is 13.0 Å². The quantitative estimate of drug-likeness (QED) is 0.526. The number of allylic oxidation sites excluding steroid dienone is 2. The predicted octanol–water partition coefficient (Wildman–Crippen LogP) is 0.704. The van der Waals surface area contributed by atoms with Crippen LogP contribution in [-0.2, 0) is 0 Å². The van der Waals surface area contributed by atoms with Crippen LogP contribution in [0.5, 0.6) is 0 Å². The first-order valence-electron chi connectivity index (χ1n) is 3.71. The minimum atomic E-state index is 0.135.